The van der Waals surface area contributed by atoms with Crippen LogP contribution in [0, 0.1) is 12.7 Å². The molecular weight excluding hydrogens is 249 g/mol. The largest absolute Gasteiger partial charge is 0.459 e. The molecule has 0 amide bonds. The summed E-state index contributed by atoms with van der Waals surface area (Å²) in [5.41, 5.74) is 6.17. The highest BCUT2D eigenvalue weighted by molar-refractivity contribution is 5.91. The van der Waals surface area contributed by atoms with Crippen molar-refractivity contribution < 1.29 is 18.7 Å². The van der Waals surface area contributed by atoms with E-state index in [9.17, 15) is 9.18 Å². The number of esters is 1. The number of aryl methyl sites for hydroxylation is 1. The average Bonchev–Trinajstić information content (AvgIpc) is 2.41. The standard InChI is InChI=1S/C14H18FNO3/c1-9-6-10(16)7-12(13(9)15)14(17)19-8-11-4-2-3-5-18-11/h6-7,11H,2-5,8,16H2,1H3. The van der Waals surface area contributed by atoms with Gasteiger partial charge >= 0.3 is 5.97 Å². The SMILES string of the molecule is Cc1cc(N)cc(C(=O)OCC2CCCCO2)c1F. The summed E-state index contributed by atoms with van der Waals surface area (Å²) in [6, 6.07) is 2.78. The van der Waals surface area contributed by atoms with Crippen molar-refractivity contribution in [2.45, 2.75) is 32.3 Å². The van der Waals surface area contributed by atoms with E-state index in [1.54, 1.807) is 6.92 Å². The molecule has 0 saturated carbocycles. The zero-order valence-electron chi connectivity index (χ0n) is 10.9. The number of ether oxygens (including phenoxy) is 2. The lowest BCUT2D eigenvalue weighted by molar-refractivity contribution is -0.0302. The van der Waals surface area contributed by atoms with E-state index < -0.39 is 11.8 Å². The van der Waals surface area contributed by atoms with Crippen LogP contribution in [0.3, 0.4) is 0 Å². The van der Waals surface area contributed by atoms with Gasteiger partial charge in [-0.15, -0.1) is 0 Å². The van der Waals surface area contributed by atoms with E-state index in [-0.39, 0.29) is 18.3 Å². The van der Waals surface area contributed by atoms with Crippen molar-refractivity contribution in [1.82, 2.24) is 0 Å². The second kappa shape index (κ2) is 6.02. The van der Waals surface area contributed by atoms with Crippen molar-refractivity contribution in [3.05, 3.63) is 29.1 Å². The second-order valence-electron chi connectivity index (χ2n) is 4.79. The summed E-state index contributed by atoms with van der Waals surface area (Å²) in [6.45, 7) is 2.41. The fourth-order valence-corrected chi connectivity index (χ4v) is 2.13. The Bertz CT molecular complexity index is 470. The third-order valence-electron chi connectivity index (χ3n) is 3.17. The quantitative estimate of drug-likeness (QED) is 0.675. The van der Waals surface area contributed by atoms with Crippen molar-refractivity contribution in [3.8, 4) is 0 Å². The minimum absolute atomic E-state index is 0.0806. The first-order valence-corrected chi connectivity index (χ1v) is 6.42. The molecule has 0 aliphatic carbocycles. The molecule has 104 valence electrons. The van der Waals surface area contributed by atoms with Gasteiger partial charge in [-0.2, -0.15) is 0 Å². The molecule has 1 unspecified atom stereocenters. The summed E-state index contributed by atoms with van der Waals surface area (Å²) < 4.78 is 24.4. The molecule has 1 atom stereocenters. The monoisotopic (exact) mass is 267 g/mol. The fraction of sp³-hybridized carbons (Fsp3) is 0.500. The zero-order chi connectivity index (χ0) is 13.8. The predicted molar refractivity (Wildman–Crippen MR) is 69.4 cm³/mol. The Morgan fingerprint density at radius 1 is 1.53 bits per heavy atom. The number of nitrogen functional groups attached to an aromatic ring is 1. The van der Waals surface area contributed by atoms with Gasteiger partial charge in [-0.1, -0.05) is 0 Å². The summed E-state index contributed by atoms with van der Waals surface area (Å²) in [5, 5.41) is 0. The first-order chi connectivity index (χ1) is 9.08. The lowest BCUT2D eigenvalue weighted by Crippen LogP contribution is -2.26. The number of anilines is 1. The van der Waals surface area contributed by atoms with Crippen LogP contribution in [-0.2, 0) is 9.47 Å². The Labute approximate surface area is 111 Å². The van der Waals surface area contributed by atoms with Crippen LogP contribution in [0.15, 0.2) is 12.1 Å². The van der Waals surface area contributed by atoms with Gasteiger partial charge in [0.15, 0.2) is 0 Å². The minimum atomic E-state index is -0.693. The zero-order valence-corrected chi connectivity index (χ0v) is 10.9. The molecule has 0 bridgehead atoms. The van der Waals surface area contributed by atoms with Gasteiger partial charge < -0.3 is 15.2 Å². The second-order valence-corrected chi connectivity index (χ2v) is 4.79. The third-order valence-corrected chi connectivity index (χ3v) is 3.17. The van der Waals surface area contributed by atoms with Crippen LogP contribution in [0.1, 0.15) is 35.2 Å². The summed E-state index contributed by atoms with van der Waals surface area (Å²) in [5.74, 6) is -1.27. The van der Waals surface area contributed by atoms with Gasteiger partial charge in [-0.25, -0.2) is 9.18 Å². The Kier molecular flexibility index (Phi) is 4.37. The van der Waals surface area contributed by atoms with Gasteiger partial charge in [0.1, 0.15) is 12.4 Å². The van der Waals surface area contributed by atoms with Crippen molar-refractivity contribution in [2.75, 3.05) is 18.9 Å². The van der Waals surface area contributed by atoms with E-state index in [0.717, 1.165) is 19.3 Å². The molecular formula is C14H18FNO3. The number of carbonyl (C=O) groups is 1. The number of rotatable bonds is 3. The van der Waals surface area contributed by atoms with Gasteiger partial charge in [0, 0.05) is 12.3 Å². The van der Waals surface area contributed by atoms with E-state index in [2.05, 4.69) is 0 Å². The van der Waals surface area contributed by atoms with Gasteiger partial charge in [-0.05, 0) is 43.9 Å². The number of benzene rings is 1. The van der Waals surface area contributed by atoms with Crippen LogP contribution in [0.4, 0.5) is 10.1 Å². The van der Waals surface area contributed by atoms with E-state index in [0.29, 0.717) is 17.9 Å². The maximum Gasteiger partial charge on any atom is 0.341 e. The molecule has 1 aromatic rings. The molecule has 1 saturated heterocycles. The van der Waals surface area contributed by atoms with Gasteiger partial charge in [0.2, 0.25) is 0 Å². The number of hydrogen-bond acceptors (Lipinski definition) is 4. The molecule has 0 radical (unpaired) electrons. The van der Waals surface area contributed by atoms with Crippen LogP contribution in [0.25, 0.3) is 0 Å². The Hall–Kier alpha value is -1.62. The molecule has 0 spiro atoms. The molecule has 5 heteroatoms. The number of nitrogens with two attached hydrogens (primary N) is 1. The van der Waals surface area contributed by atoms with Crippen LogP contribution in [0.5, 0.6) is 0 Å². The molecule has 19 heavy (non-hydrogen) atoms. The maximum atomic E-state index is 13.8. The van der Waals surface area contributed by atoms with Crippen LogP contribution in [-0.4, -0.2) is 25.3 Å². The maximum absolute atomic E-state index is 13.8. The normalized spacial score (nSPS) is 19.2. The Morgan fingerprint density at radius 3 is 3.00 bits per heavy atom. The van der Waals surface area contributed by atoms with Crippen molar-refractivity contribution in [1.29, 1.82) is 0 Å². The highest BCUT2D eigenvalue weighted by Crippen LogP contribution is 2.19. The lowest BCUT2D eigenvalue weighted by Gasteiger charge is -2.22. The van der Waals surface area contributed by atoms with E-state index in [4.69, 9.17) is 15.2 Å². The molecule has 2 N–H and O–H groups in total. The number of halogens is 1. The summed E-state index contributed by atoms with van der Waals surface area (Å²) in [4.78, 5) is 11.8. The molecule has 1 aliphatic heterocycles. The summed E-state index contributed by atoms with van der Waals surface area (Å²) in [7, 11) is 0. The first kappa shape index (κ1) is 13.8. The van der Waals surface area contributed by atoms with Gasteiger partial charge in [-0.3, -0.25) is 0 Å². The van der Waals surface area contributed by atoms with Crippen LogP contribution in [0.2, 0.25) is 0 Å². The van der Waals surface area contributed by atoms with Crippen molar-refractivity contribution in [3.63, 3.8) is 0 Å². The summed E-state index contributed by atoms with van der Waals surface area (Å²) in [6.07, 6.45) is 2.88. The highest BCUT2D eigenvalue weighted by atomic mass is 19.1. The van der Waals surface area contributed by atoms with Crippen LogP contribution >= 0.6 is 0 Å². The highest BCUT2D eigenvalue weighted by Gasteiger charge is 2.20. The van der Waals surface area contributed by atoms with Crippen LogP contribution < -0.4 is 5.73 Å². The van der Waals surface area contributed by atoms with E-state index in [1.165, 1.54) is 12.1 Å². The van der Waals surface area contributed by atoms with Gasteiger partial charge in [0.25, 0.3) is 0 Å². The topological polar surface area (TPSA) is 61.6 Å². The molecule has 2 rings (SSSR count). The van der Waals surface area contributed by atoms with E-state index >= 15 is 0 Å². The smallest absolute Gasteiger partial charge is 0.341 e. The van der Waals surface area contributed by atoms with E-state index in [1.807, 2.05) is 0 Å². The Balaban J connectivity index is 1.99. The predicted octanol–water partition coefficient (Wildman–Crippen LogP) is 2.44. The minimum Gasteiger partial charge on any atom is -0.459 e. The Morgan fingerprint density at radius 2 is 2.32 bits per heavy atom. The molecule has 1 aliphatic rings. The van der Waals surface area contributed by atoms with Crippen molar-refractivity contribution in [2.24, 2.45) is 0 Å². The molecule has 0 aromatic heterocycles. The average molecular weight is 267 g/mol. The van der Waals surface area contributed by atoms with Crippen molar-refractivity contribution >= 4 is 11.7 Å². The lowest BCUT2D eigenvalue weighted by atomic mass is 10.1. The molecule has 4 nitrogen and oxygen atoms in total. The molecule has 1 aromatic carbocycles. The number of carbonyl (C=O) groups excluding carboxylic acids is 1. The summed E-state index contributed by atoms with van der Waals surface area (Å²) >= 11 is 0. The number of hydrogen-bond donors (Lipinski definition) is 1. The van der Waals surface area contributed by atoms with Gasteiger partial charge in [0.05, 0.1) is 11.7 Å². The first-order valence-electron chi connectivity index (χ1n) is 6.42. The molecule has 1 fully saturated rings. The third kappa shape index (κ3) is 3.44. The molecule has 1 heterocycles. The fourth-order valence-electron chi connectivity index (χ4n) is 2.13.